The van der Waals surface area contributed by atoms with E-state index in [1.165, 1.54) is 6.08 Å². The minimum atomic E-state index is 0.287. The Hall–Kier alpha value is -0.450. The monoisotopic (exact) mass is 209 g/mol. The second-order valence-corrected chi connectivity index (χ2v) is 2.93. The van der Waals surface area contributed by atoms with E-state index in [4.69, 9.17) is 28.0 Å². The summed E-state index contributed by atoms with van der Waals surface area (Å²) in [5.41, 5.74) is 2.65. The topological polar surface area (TPSA) is 36.9 Å². The van der Waals surface area contributed by atoms with Crippen molar-refractivity contribution >= 4 is 28.4 Å². The zero-order valence-electron chi connectivity index (χ0n) is 6.55. The highest BCUT2D eigenvalue weighted by molar-refractivity contribution is 6.69. The van der Waals surface area contributed by atoms with Crippen LogP contribution in [0.1, 0.15) is 13.3 Å². The molecule has 4 nitrogen and oxygen atoms in total. The van der Waals surface area contributed by atoms with Gasteiger partial charge in [-0.3, -0.25) is 0 Å². The van der Waals surface area contributed by atoms with E-state index in [2.05, 4.69) is 10.5 Å². The maximum atomic E-state index is 5.65. The van der Waals surface area contributed by atoms with E-state index in [0.29, 0.717) is 11.8 Å². The number of hydrazone groups is 1. The lowest BCUT2D eigenvalue weighted by atomic mass is 10.5. The van der Waals surface area contributed by atoms with Crippen molar-refractivity contribution in [2.24, 2.45) is 5.10 Å². The SMILES string of the molecule is CCCON1N=C(Cl)C=C(Cl)N1. The van der Waals surface area contributed by atoms with Crippen LogP contribution in [0.3, 0.4) is 0 Å². The maximum Gasteiger partial charge on any atom is 0.156 e. The molecule has 0 atom stereocenters. The molecule has 1 heterocycles. The molecule has 1 aliphatic heterocycles. The van der Waals surface area contributed by atoms with Crippen molar-refractivity contribution in [1.29, 1.82) is 0 Å². The molecule has 0 saturated carbocycles. The van der Waals surface area contributed by atoms with Crippen LogP contribution in [0, 0.1) is 0 Å². The van der Waals surface area contributed by atoms with E-state index in [1.54, 1.807) is 0 Å². The molecule has 6 heteroatoms. The first kappa shape index (κ1) is 9.64. The standard InChI is InChI=1S/C6H9Cl2N3O/c1-2-3-12-11-9-5(7)4-6(8)10-11/h4,9H,2-3H2,1H3. The van der Waals surface area contributed by atoms with Crippen molar-refractivity contribution in [2.45, 2.75) is 13.3 Å². The van der Waals surface area contributed by atoms with Gasteiger partial charge in [-0.05, 0) is 6.42 Å². The summed E-state index contributed by atoms with van der Waals surface area (Å²) in [4.78, 5) is 5.10. The van der Waals surface area contributed by atoms with Gasteiger partial charge in [0.2, 0.25) is 0 Å². The normalized spacial score (nSPS) is 16.8. The fourth-order valence-electron chi connectivity index (χ4n) is 0.608. The molecule has 0 amide bonds. The molecule has 1 aliphatic rings. The zero-order chi connectivity index (χ0) is 8.97. The fraction of sp³-hybridized carbons (Fsp3) is 0.500. The molecule has 0 bridgehead atoms. The average molecular weight is 210 g/mol. The molecule has 1 N–H and O–H groups in total. The van der Waals surface area contributed by atoms with Crippen molar-refractivity contribution in [3.8, 4) is 0 Å². The Kier molecular flexibility index (Phi) is 3.65. The fourth-order valence-corrected chi connectivity index (χ4v) is 1.02. The van der Waals surface area contributed by atoms with Crippen LogP contribution in [0.4, 0.5) is 0 Å². The molecule has 0 aromatic rings. The van der Waals surface area contributed by atoms with Crippen molar-refractivity contribution in [2.75, 3.05) is 6.61 Å². The number of rotatable bonds is 3. The second-order valence-electron chi connectivity index (χ2n) is 2.13. The van der Waals surface area contributed by atoms with E-state index < -0.39 is 0 Å². The van der Waals surface area contributed by atoms with Crippen LogP contribution >= 0.6 is 23.2 Å². The van der Waals surface area contributed by atoms with Gasteiger partial charge in [0.25, 0.3) is 0 Å². The Bertz CT molecular complexity index is 217. The Morgan fingerprint density at radius 2 is 2.42 bits per heavy atom. The molecule has 12 heavy (non-hydrogen) atoms. The Morgan fingerprint density at radius 1 is 1.67 bits per heavy atom. The smallest absolute Gasteiger partial charge is 0.156 e. The highest BCUT2D eigenvalue weighted by atomic mass is 35.5. The lowest BCUT2D eigenvalue weighted by Crippen LogP contribution is -2.35. The molecule has 0 spiro atoms. The Morgan fingerprint density at radius 3 is 3.00 bits per heavy atom. The highest BCUT2D eigenvalue weighted by Gasteiger charge is 2.09. The molecule has 0 saturated heterocycles. The first-order valence-corrected chi connectivity index (χ1v) is 4.29. The third kappa shape index (κ3) is 2.89. The first-order valence-electron chi connectivity index (χ1n) is 3.53. The van der Waals surface area contributed by atoms with Crippen LogP contribution in [0.15, 0.2) is 16.3 Å². The van der Waals surface area contributed by atoms with E-state index in [-0.39, 0.29) is 5.17 Å². The summed E-state index contributed by atoms with van der Waals surface area (Å²) in [6.45, 7) is 2.55. The molecule has 68 valence electrons. The quantitative estimate of drug-likeness (QED) is 0.721. The van der Waals surface area contributed by atoms with Crippen LogP contribution in [-0.4, -0.2) is 17.1 Å². The number of halogens is 2. The summed E-state index contributed by atoms with van der Waals surface area (Å²) >= 11 is 11.3. The van der Waals surface area contributed by atoms with Gasteiger partial charge in [0, 0.05) is 6.08 Å². The van der Waals surface area contributed by atoms with Crippen molar-refractivity contribution in [3.63, 3.8) is 0 Å². The number of allylic oxidation sites excluding steroid dienone is 1. The summed E-state index contributed by atoms with van der Waals surface area (Å²) in [5.74, 6) is 0. The zero-order valence-corrected chi connectivity index (χ0v) is 8.06. The Labute approximate surface area is 80.7 Å². The van der Waals surface area contributed by atoms with Gasteiger partial charge in [-0.2, -0.15) is 0 Å². The minimum Gasteiger partial charge on any atom is -0.246 e. The predicted molar refractivity (Wildman–Crippen MR) is 48.4 cm³/mol. The highest BCUT2D eigenvalue weighted by Crippen LogP contribution is 2.08. The lowest BCUT2D eigenvalue weighted by Gasteiger charge is -2.21. The van der Waals surface area contributed by atoms with Gasteiger partial charge >= 0.3 is 0 Å². The summed E-state index contributed by atoms with van der Waals surface area (Å²) < 4.78 is 0. The van der Waals surface area contributed by atoms with E-state index >= 15 is 0 Å². The van der Waals surface area contributed by atoms with Gasteiger partial charge in [-0.15, -0.1) is 5.10 Å². The van der Waals surface area contributed by atoms with Crippen molar-refractivity contribution in [1.82, 2.24) is 10.7 Å². The molecule has 0 aliphatic carbocycles. The van der Waals surface area contributed by atoms with Crippen LogP contribution in [0.5, 0.6) is 0 Å². The molecule has 0 fully saturated rings. The molecule has 0 radical (unpaired) electrons. The number of nitrogens with zero attached hydrogens (tertiary/aromatic N) is 2. The lowest BCUT2D eigenvalue weighted by molar-refractivity contribution is -0.188. The van der Waals surface area contributed by atoms with Gasteiger partial charge in [0.1, 0.15) is 5.16 Å². The molecule has 1 rings (SSSR count). The van der Waals surface area contributed by atoms with Crippen molar-refractivity contribution < 1.29 is 4.84 Å². The molecule has 0 unspecified atom stereocenters. The van der Waals surface area contributed by atoms with Crippen LogP contribution in [0.2, 0.25) is 0 Å². The third-order valence-corrected chi connectivity index (χ3v) is 1.43. The van der Waals surface area contributed by atoms with E-state index in [1.807, 2.05) is 6.92 Å². The van der Waals surface area contributed by atoms with Gasteiger partial charge in [0.15, 0.2) is 5.17 Å². The minimum absolute atomic E-state index is 0.287. The van der Waals surface area contributed by atoms with Gasteiger partial charge in [-0.1, -0.05) is 35.4 Å². The summed E-state index contributed by atoms with van der Waals surface area (Å²) in [6.07, 6.45) is 2.39. The number of hydrogen-bond acceptors (Lipinski definition) is 4. The van der Waals surface area contributed by atoms with Crippen LogP contribution in [0.25, 0.3) is 0 Å². The summed E-state index contributed by atoms with van der Waals surface area (Å²) in [6, 6.07) is 0. The molecule has 0 aromatic heterocycles. The second kappa shape index (κ2) is 4.54. The van der Waals surface area contributed by atoms with Crippen LogP contribution in [-0.2, 0) is 4.84 Å². The maximum absolute atomic E-state index is 5.65. The van der Waals surface area contributed by atoms with E-state index in [9.17, 15) is 0 Å². The summed E-state index contributed by atoms with van der Waals surface area (Å²) in [7, 11) is 0. The molecule has 0 aromatic carbocycles. The number of hydrazine groups is 1. The van der Waals surface area contributed by atoms with Gasteiger partial charge < -0.3 is 0 Å². The van der Waals surface area contributed by atoms with Gasteiger partial charge in [-0.25, -0.2) is 10.3 Å². The third-order valence-electron chi connectivity index (χ3n) is 1.05. The van der Waals surface area contributed by atoms with Crippen LogP contribution < -0.4 is 5.43 Å². The predicted octanol–water partition coefficient (Wildman–Crippen LogP) is 1.78. The Balaban J connectivity index is 2.44. The first-order chi connectivity index (χ1) is 5.72. The molecular formula is C6H9Cl2N3O. The number of hydrogen-bond donors (Lipinski definition) is 1. The summed E-state index contributed by atoms with van der Waals surface area (Å²) in [5, 5.41) is 5.61. The average Bonchev–Trinajstić information content (AvgIpc) is 1.99. The van der Waals surface area contributed by atoms with Gasteiger partial charge in [0.05, 0.1) is 6.61 Å². The number of nitrogens with one attached hydrogen (secondary N) is 1. The van der Waals surface area contributed by atoms with E-state index in [0.717, 1.165) is 11.7 Å². The largest absolute Gasteiger partial charge is 0.246 e. The van der Waals surface area contributed by atoms with Crippen molar-refractivity contribution in [3.05, 3.63) is 11.2 Å². The molecular weight excluding hydrogens is 201 g/mol.